The molecule has 0 atom stereocenters. The zero-order chi connectivity index (χ0) is 25.7. The summed E-state index contributed by atoms with van der Waals surface area (Å²) in [7, 11) is 0. The Kier molecular flexibility index (Phi) is 9.02. The second kappa shape index (κ2) is 10.5. The lowest BCUT2D eigenvalue weighted by Gasteiger charge is -2.16. The quantitative estimate of drug-likeness (QED) is 0.249. The van der Waals surface area contributed by atoms with Crippen molar-refractivity contribution in [3.8, 4) is 22.8 Å². The summed E-state index contributed by atoms with van der Waals surface area (Å²) in [5.74, 6) is -0.863. The van der Waals surface area contributed by atoms with Crippen molar-refractivity contribution in [2.75, 3.05) is 0 Å². The van der Waals surface area contributed by atoms with Gasteiger partial charge >= 0.3 is 0 Å². The minimum absolute atomic E-state index is 0.0591. The zero-order valence-electron chi connectivity index (χ0n) is 15.5. The standard InChI is InChI=1S/C16H4Cl12N6/c17-13(18,19)9-29-7(30-10(33-9)14(20,21)22)5-1-2-6(4-3-5)8-31-11(15(23,24)25)34-12(32-8)16(26,27)28/h1-4H. The van der Waals surface area contributed by atoms with Gasteiger partial charge in [0.05, 0.1) is 0 Å². The topological polar surface area (TPSA) is 77.3 Å². The van der Waals surface area contributed by atoms with Crippen LogP contribution in [-0.4, -0.2) is 29.9 Å². The normalized spacial score (nSPS) is 13.3. The van der Waals surface area contributed by atoms with E-state index >= 15 is 0 Å². The van der Waals surface area contributed by atoms with Gasteiger partial charge in [-0.05, 0) is 0 Å². The van der Waals surface area contributed by atoms with E-state index in [4.69, 9.17) is 139 Å². The number of aromatic nitrogens is 6. The number of hydrogen-bond acceptors (Lipinski definition) is 6. The van der Waals surface area contributed by atoms with Gasteiger partial charge in [0.15, 0.2) is 34.9 Å². The summed E-state index contributed by atoms with van der Waals surface area (Å²) in [5, 5.41) is 0. The molecular weight excluding hydrogens is 702 g/mol. The first-order valence-corrected chi connectivity index (χ1v) is 12.8. The van der Waals surface area contributed by atoms with Gasteiger partial charge in [-0.1, -0.05) is 163 Å². The van der Waals surface area contributed by atoms with Crippen LogP contribution in [0, 0.1) is 0 Å². The molecule has 6 nitrogen and oxygen atoms in total. The van der Waals surface area contributed by atoms with E-state index in [0.717, 1.165) is 0 Å². The van der Waals surface area contributed by atoms with E-state index < -0.39 is 15.2 Å². The van der Waals surface area contributed by atoms with E-state index in [1.165, 1.54) is 0 Å². The molecule has 0 bridgehead atoms. The van der Waals surface area contributed by atoms with Crippen molar-refractivity contribution in [1.82, 2.24) is 29.9 Å². The largest absolute Gasteiger partial charge is 0.250 e. The monoisotopic (exact) mass is 700 g/mol. The zero-order valence-corrected chi connectivity index (χ0v) is 24.6. The van der Waals surface area contributed by atoms with Crippen LogP contribution in [0.3, 0.4) is 0 Å². The van der Waals surface area contributed by atoms with Crippen LogP contribution in [0.2, 0.25) is 0 Å². The maximum Gasteiger partial charge on any atom is 0.250 e. The molecule has 0 aliphatic carbocycles. The van der Waals surface area contributed by atoms with Crippen LogP contribution >= 0.6 is 139 Å². The van der Waals surface area contributed by atoms with Crippen molar-refractivity contribution < 1.29 is 0 Å². The summed E-state index contributed by atoms with van der Waals surface area (Å²) < 4.78 is -8.02. The van der Waals surface area contributed by atoms with Gasteiger partial charge in [-0.15, -0.1) is 0 Å². The summed E-state index contributed by atoms with van der Waals surface area (Å²) in [5.41, 5.74) is 0.879. The SMILES string of the molecule is ClC(Cl)(Cl)c1nc(-c2ccc(-c3nc(C(Cl)(Cl)Cl)nc(C(Cl)(Cl)Cl)n3)cc2)nc(C(Cl)(Cl)Cl)n1. The average Bonchev–Trinajstić information content (AvgIpc) is 2.70. The molecule has 3 rings (SSSR count). The number of alkyl halides is 12. The molecule has 34 heavy (non-hydrogen) atoms. The lowest BCUT2D eigenvalue weighted by atomic mass is 10.1. The number of halogens is 12. The Bertz CT molecular complexity index is 1040. The van der Waals surface area contributed by atoms with Crippen molar-refractivity contribution in [3.63, 3.8) is 0 Å². The first-order valence-electron chi connectivity index (χ1n) is 8.27. The number of nitrogens with zero attached hydrogens (tertiary/aromatic N) is 6. The molecule has 0 unspecified atom stereocenters. The van der Waals surface area contributed by atoms with E-state index in [9.17, 15) is 0 Å². The van der Waals surface area contributed by atoms with E-state index in [-0.39, 0.29) is 34.9 Å². The van der Waals surface area contributed by atoms with Crippen LogP contribution in [0.15, 0.2) is 24.3 Å². The molecule has 2 aromatic heterocycles. The smallest absolute Gasteiger partial charge is 0.209 e. The van der Waals surface area contributed by atoms with Crippen molar-refractivity contribution in [3.05, 3.63) is 47.6 Å². The molecule has 182 valence electrons. The van der Waals surface area contributed by atoms with Gasteiger partial charge in [-0.3, -0.25) is 0 Å². The molecule has 0 N–H and O–H groups in total. The fraction of sp³-hybridized carbons (Fsp3) is 0.250. The summed E-state index contributed by atoms with van der Waals surface area (Å²) >= 11 is 70.9. The highest BCUT2D eigenvalue weighted by Crippen LogP contribution is 2.42. The van der Waals surface area contributed by atoms with E-state index in [2.05, 4.69) is 29.9 Å². The number of benzene rings is 1. The van der Waals surface area contributed by atoms with Gasteiger partial charge in [-0.2, -0.15) is 0 Å². The second-order valence-corrected chi connectivity index (χ2v) is 15.3. The molecule has 0 amide bonds. The Labute approximate surface area is 252 Å². The van der Waals surface area contributed by atoms with Crippen molar-refractivity contribution in [1.29, 1.82) is 0 Å². The molecule has 1 aromatic carbocycles. The Morgan fingerprint density at radius 2 is 0.559 bits per heavy atom. The van der Waals surface area contributed by atoms with Gasteiger partial charge in [0.25, 0.3) is 0 Å². The molecule has 0 spiro atoms. The summed E-state index contributed by atoms with van der Waals surface area (Å²) in [6.07, 6.45) is 0. The molecule has 0 saturated carbocycles. The van der Waals surface area contributed by atoms with Gasteiger partial charge in [-0.25, -0.2) is 29.9 Å². The van der Waals surface area contributed by atoms with Gasteiger partial charge in [0.1, 0.15) is 0 Å². The molecule has 0 fully saturated rings. The molecule has 3 aromatic rings. The highest BCUT2D eigenvalue weighted by atomic mass is 35.6. The third-order valence-electron chi connectivity index (χ3n) is 3.69. The lowest BCUT2D eigenvalue weighted by Crippen LogP contribution is -2.17. The fourth-order valence-corrected chi connectivity index (χ4v) is 3.30. The Morgan fingerprint density at radius 1 is 0.353 bits per heavy atom. The van der Waals surface area contributed by atoms with Gasteiger partial charge in [0.2, 0.25) is 15.2 Å². The van der Waals surface area contributed by atoms with E-state index in [1.54, 1.807) is 24.3 Å². The van der Waals surface area contributed by atoms with Crippen molar-refractivity contribution in [2.24, 2.45) is 0 Å². The first kappa shape index (κ1) is 29.3. The predicted octanol–water partition coefficient (Wildman–Crippen LogP) is 8.70. The molecule has 18 heteroatoms. The molecule has 2 heterocycles. The Hall–Kier alpha value is 0.720. The Morgan fingerprint density at radius 3 is 0.735 bits per heavy atom. The summed E-state index contributed by atoms with van der Waals surface area (Å²) in [6, 6.07) is 6.34. The molecule has 0 radical (unpaired) electrons. The molecule has 0 aliphatic heterocycles. The predicted molar refractivity (Wildman–Crippen MR) is 141 cm³/mol. The second-order valence-electron chi connectivity index (χ2n) is 6.18. The maximum absolute atomic E-state index is 5.91. The maximum atomic E-state index is 5.91. The minimum atomic E-state index is -2.01. The van der Waals surface area contributed by atoms with Gasteiger partial charge < -0.3 is 0 Å². The molecule has 0 aliphatic rings. The summed E-state index contributed by atoms with van der Waals surface area (Å²) in [6.45, 7) is 0. The number of hydrogen-bond donors (Lipinski definition) is 0. The summed E-state index contributed by atoms with van der Waals surface area (Å²) in [4.78, 5) is 24.4. The van der Waals surface area contributed by atoms with Crippen LogP contribution in [0.4, 0.5) is 0 Å². The van der Waals surface area contributed by atoms with Crippen LogP contribution in [-0.2, 0) is 15.2 Å². The average molecular weight is 706 g/mol. The van der Waals surface area contributed by atoms with Crippen LogP contribution < -0.4 is 0 Å². The van der Waals surface area contributed by atoms with Gasteiger partial charge in [0, 0.05) is 11.1 Å². The number of rotatable bonds is 2. The van der Waals surface area contributed by atoms with E-state index in [1.807, 2.05) is 0 Å². The highest BCUT2D eigenvalue weighted by Gasteiger charge is 2.35. The first-order chi connectivity index (χ1) is 15.4. The Balaban J connectivity index is 2.10. The van der Waals surface area contributed by atoms with Crippen LogP contribution in [0.5, 0.6) is 0 Å². The minimum Gasteiger partial charge on any atom is -0.209 e. The third-order valence-corrected chi connectivity index (χ3v) is 5.71. The van der Waals surface area contributed by atoms with E-state index in [0.29, 0.717) is 11.1 Å². The highest BCUT2D eigenvalue weighted by molar-refractivity contribution is 6.68. The van der Waals surface area contributed by atoms with Crippen molar-refractivity contribution >= 4 is 139 Å². The van der Waals surface area contributed by atoms with Crippen LogP contribution in [0.25, 0.3) is 22.8 Å². The molecule has 0 saturated heterocycles. The molecular formula is C16H4Cl12N6. The van der Waals surface area contributed by atoms with Crippen LogP contribution in [0.1, 0.15) is 23.3 Å². The van der Waals surface area contributed by atoms with Crippen molar-refractivity contribution in [2.45, 2.75) is 15.2 Å². The fourth-order valence-electron chi connectivity index (χ4n) is 2.29. The lowest BCUT2D eigenvalue weighted by molar-refractivity contribution is 0.849. The third kappa shape index (κ3) is 7.40.